The number of methoxy groups -OCH3 is 1. The zero-order valence-corrected chi connectivity index (χ0v) is 19.2. The Labute approximate surface area is 200 Å². The van der Waals surface area contributed by atoms with Gasteiger partial charge in [-0.2, -0.15) is 10.2 Å². The average Bonchev–Trinajstić information content (AvgIpc) is 3.28. The molecule has 4 rings (SSSR count). The minimum Gasteiger partial charge on any atom is -0.497 e. The smallest absolute Gasteiger partial charge is 0.295 e. The number of benzene rings is 3. The fourth-order valence-electron chi connectivity index (χ4n) is 3.27. The van der Waals surface area contributed by atoms with Crippen molar-refractivity contribution < 1.29 is 18.1 Å². The van der Waals surface area contributed by atoms with Gasteiger partial charge in [-0.1, -0.05) is 18.2 Å². The number of primary sulfonamides is 1. The van der Waals surface area contributed by atoms with Gasteiger partial charge in [0.25, 0.3) is 5.69 Å². The van der Waals surface area contributed by atoms with Gasteiger partial charge in [0.05, 0.1) is 28.8 Å². The van der Waals surface area contributed by atoms with Gasteiger partial charge in [-0.25, -0.2) is 18.2 Å². The summed E-state index contributed by atoms with van der Waals surface area (Å²) in [5.74, 6) is 0.698. The first-order valence-electron chi connectivity index (χ1n) is 10.2. The molecule has 0 amide bonds. The molecule has 178 valence electrons. The zero-order chi connectivity index (χ0) is 25.0. The van der Waals surface area contributed by atoms with Gasteiger partial charge in [0.2, 0.25) is 10.0 Å². The number of nitrogens with two attached hydrogens (primary N) is 1. The molecule has 3 aromatic carbocycles. The molecular formula is C23H20N6O5S. The number of ether oxygens (including phenoxy) is 1. The van der Waals surface area contributed by atoms with Crippen LogP contribution >= 0.6 is 0 Å². The Bertz CT molecular complexity index is 1500. The van der Waals surface area contributed by atoms with Crippen molar-refractivity contribution in [3.8, 4) is 22.7 Å². The van der Waals surface area contributed by atoms with E-state index in [4.69, 9.17) is 9.88 Å². The molecule has 0 radical (unpaired) electrons. The van der Waals surface area contributed by atoms with Gasteiger partial charge in [-0.3, -0.25) is 15.5 Å². The maximum atomic E-state index is 11.5. The molecule has 0 saturated carbocycles. The largest absolute Gasteiger partial charge is 0.497 e. The van der Waals surface area contributed by atoms with E-state index in [0.29, 0.717) is 17.0 Å². The van der Waals surface area contributed by atoms with Gasteiger partial charge in [0.1, 0.15) is 17.1 Å². The second kappa shape index (κ2) is 9.75. The van der Waals surface area contributed by atoms with Crippen LogP contribution in [-0.2, 0) is 10.0 Å². The molecule has 0 saturated heterocycles. The van der Waals surface area contributed by atoms with Crippen LogP contribution in [0, 0.1) is 10.1 Å². The number of nitrogens with one attached hydrogen (secondary N) is 1. The SMILES string of the molecule is COc1ccc(-c2nn(-c3ccccc3)cc2/C=N/Nc2ccc(S(N)(=O)=O)cc2[N+](=O)[O-])cc1. The van der Waals surface area contributed by atoms with Gasteiger partial charge >= 0.3 is 0 Å². The summed E-state index contributed by atoms with van der Waals surface area (Å²) in [5, 5.41) is 25.3. The quantitative estimate of drug-likeness (QED) is 0.216. The number of para-hydroxylation sites is 1. The Kier molecular flexibility index (Phi) is 6.57. The highest BCUT2D eigenvalue weighted by Gasteiger charge is 2.19. The lowest BCUT2D eigenvalue weighted by molar-refractivity contribution is -0.384. The van der Waals surface area contributed by atoms with E-state index in [0.717, 1.165) is 23.4 Å². The molecule has 0 aliphatic carbocycles. The van der Waals surface area contributed by atoms with Crippen molar-refractivity contribution in [3.63, 3.8) is 0 Å². The van der Waals surface area contributed by atoms with Crippen LogP contribution in [0.1, 0.15) is 5.56 Å². The summed E-state index contributed by atoms with van der Waals surface area (Å²) in [6.07, 6.45) is 3.25. The van der Waals surface area contributed by atoms with Gasteiger partial charge in [0.15, 0.2) is 0 Å². The zero-order valence-electron chi connectivity index (χ0n) is 18.4. The Balaban J connectivity index is 1.69. The first-order valence-corrected chi connectivity index (χ1v) is 11.7. The van der Waals surface area contributed by atoms with Gasteiger partial charge < -0.3 is 4.74 Å². The maximum Gasteiger partial charge on any atom is 0.295 e. The monoisotopic (exact) mass is 492 g/mol. The lowest BCUT2D eigenvalue weighted by Crippen LogP contribution is -2.12. The Hall–Kier alpha value is -4.55. The summed E-state index contributed by atoms with van der Waals surface area (Å²) in [4.78, 5) is 10.3. The lowest BCUT2D eigenvalue weighted by Gasteiger charge is -2.04. The van der Waals surface area contributed by atoms with Crippen molar-refractivity contribution in [1.29, 1.82) is 0 Å². The predicted molar refractivity (Wildman–Crippen MR) is 131 cm³/mol. The van der Waals surface area contributed by atoms with E-state index >= 15 is 0 Å². The molecule has 1 aromatic heterocycles. The van der Waals surface area contributed by atoms with E-state index in [1.807, 2.05) is 54.6 Å². The number of nitro groups is 1. The topological polar surface area (TPSA) is 155 Å². The third kappa shape index (κ3) is 5.34. The van der Waals surface area contributed by atoms with E-state index in [2.05, 4.69) is 15.6 Å². The molecule has 11 nitrogen and oxygen atoms in total. The number of anilines is 1. The van der Waals surface area contributed by atoms with Gasteiger partial charge in [0, 0.05) is 23.4 Å². The Morgan fingerprint density at radius 1 is 1.11 bits per heavy atom. The number of aromatic nitrogens is 2. The minimum absolute atomic E-state index is 0.0000914. The number of hydrogen-bond acceptors (Lipinski definition) is 8. The molecule has 0 aliphatic heterocycles. The van der Waals surface area contributed by atoms with Gasteiger partial charge in [-0.05, 0) is 48.5 Å². The van der Waals surface area contributed by atoms with E-state index < -0.39 is 20.6 Å². The summed E-state index contributed by atoms with van der Waals surface area (Å²) in [7, 11) is -2.51. The van der Waals surface area contributed by atoms with E-state index in [1.54, 1.807) is 18.0 Å². The van der Waals surface area contributed by atoms with Crippen LogP contribution < -0.4 is 15.3 Å². The number of hydrogen-bond donors (Lipinski definition) is 2. The van der Waals surface area contributed by atoms with Crippen molar-refractivity contribution in [2.75, 3.05) is 12.5 Å². The Morgan fingerprint density at radius 3 is 2.46 bits per heavy atom. The number of hydrazone groups is 1. The van der Waals surface area contributed by atoms with Crippen molar-refractivity contribution in [3.05, 3.63) is 94.7 Å². The normalized spacial score (nSPS) is 11.5. The summed E-state index contributed by atoms with van der Waals surface area (Å²) in [6, 6.07) is 20.1. The molecule has 12 heteroatoms. The molecule has 0 aliphatic rings. The van der Waals surface area contributed by atoms with Crippen molar-refractivity contribution in [2.45, 2.75) is 4.90 Å². The van der Waals surface area contributed by atoms with E-state index in [1.165, 1.54) is 12.3 Å². The summed E-state index contributed by atoms with van der Waals surface area (Å²) >= 11 is 0. The highest BCUT2D eigenvalue weighted by atomic mass is 32.2. The number of rotatable bonds is 8. The van der Waals surface area contributed by atoms with Crippen LogP contribution in [-0.4, -0.2) is 36.4 Å². The average molecular weight is 493 g/mol. The summed E-state index contributed by atoms with van der Waals surface area (Å²) < 4.78 is 30.0. The third-order valence-corrected chi connectivity index (χ3v) is 5.92. The summed E-state index contributed by atoms with van der Waals surface area (Å²) in [6.45, 7) is 0. The number of nitro benzene ring substituents is 1. The highest BCUT2D eigenvalue weighted by molar-refractivity contribution is 7.89. The van der Waals surface area contributed by atoms with Crippen LogP contribution in [0.3, 0.4) is 0 Å². The molecule has 0 bridgehead atoms. The molecule has 0 unspecified atom stereocenters. The molecule has 0 fully saturated rings. The molecule has 4 aromatic rings. The van der Waals surface area contributed by atoms with Gasteiger partial charge in [-0.15, -0.1) is 0 Å². The molecule has 0 spiro atoms. The lowest BCUT2D eigenvalue weighted by atomic mass is 10.1. The molecule has 0 atom stereocenters. The molecule has 3 N–H and O–H groups in total. The first-order chi connectivity index (χ1) is 16.8. The van der Waals surface area contributed by atoms with E-state index in [-0.39, 0.29) is 10.6 Å². The number of nitrogens with zero attached hydrogens (tertiary/aromatic N) is 4. The third-order valence-electron chi connectivity index (χ3n) is 5.01. The standard InChI is InChI=1S/C23H20N6O5S/c1-34-19-9-7-16(8-10-19)23-17(15-28(27-23)18-5-3-2-4-6-18)14-25-26-21-12-11-20(35(24,32)33)13-22(21)29(30)31/h2-15,26H,1H3,(H2,24,32,33)/b25-14+. The van der Waals surface area contributed by atoms with Crippen LogP contribution in [0.15, 0.2) is 89.0 Å². The fraction of sp³-hybridized carbons (Fsp3) is 0.0435. The van der Waals surface area contributed by atoms with Crippen molar-refractivity contribution in [2.24, 2.45) is 10.2 Å². The number of sulfonamides is 1. The molecule has 35 heavy (non-hydrogen) atoms. The van der Waals surface area contributed by atoms with E-state index in [9.17, 15) is 18.5 Å². The highest BCUT2D eigenvalue weighted by Crippen LogP contribution is 2.28. The van der Waals surface area contributed by atoms with Crippen LogP contribution in [0.2, 0.25) is 0 Å². The van der Waals surface area contributed by atoms with Crippen LogP contribution in [0.5, 0.6) is 5.75 Å². The summed E-state index contributed by atoms with van der Waals surface area (Å²) in [5.41, 5.74) is 5.03. The molecule has 1 heterocycles. The maximum absolute atomic E-state index is 11.5. The van der Waals surface area contributed by atoms with Crippen LogP contribution in [0.25, 0.3) is 16.9 Å². The molecular weight excluding hydrogens is 472 g/mol. The Morgan fingerprint density at radius 2 is 1.83 bits per heavy atom. The first kappa shape index (κ1) is 23.6. The second-order valence-corrected chi connectivity index (χ2v) is 8.85. The van der Waals surface area contributed by atoms with Crippen molar-refractivity contribution >= 4 is 27.6 Å². The predicted octanol–water partition coefficient (Wildman–Crippen LogP) is 3.55. The van der Waals surface area contributed by atoms with Crippen molar-refractivity contribution in [1.82, 2.24) is 9.78 Å². The van der Waals surface area contributed by atoms with Crippen LogP contribution in [0.4, 0.5) is 11.4 Å². The fourth-order valence-corrected chi connectivity index (χ4v) is 3.81. The second-order valence-electron chi connectivity index (χ2n) is 7.29. The minimum atomic E-state index is -4.09.